The SMILES string of the molecule is COCCCN1C(=O)CS[C@H]2CC[C@@H](C)CC21. The van der Waals surface area contributed by atoms with Crippen LogP contribution in [-0.2, 0) is 9.53 Å². The quantitative estimate of drug-likeness (QED) is 0.723. The third-order valence-corrected chi connectivity index (χ3v) is 5.30. The third kappa shape index (κ3) is 3.16. The van der Waals surface area contributed by atoms with Crippen molar-refractivity contribution in [2.24, 2.45) is 5.92 Å². The second-order valence-corrected chi connectivity index (χ2v) is 6.50. The van der Waals surface area contributed by atoms with Crippen molar-refractivity contribution in [2.75, 3.05) is 26.0 Å². The first-order valence-electron chi connectivity index (χ1n) is 6.62. The molecule has 3 atom stereocenters. The summed E-state index contributed by atoms with van der Waals surface area (Å²) < 4.78 is 5.08. The van der Waals surface area contributed by atoms with Crippen LogP contribution in [0.5, 0.6) is 0 Å². The molecule has 98 valence electrons. The van der Waals surface area contributed by atoms with Gasteiger partial charge in [-0.25, -0.2) is 0 Å². The number of hydrogen-bond acceptors (Lipinski definition) is 3. The molecule has 0 bridgehead atoms. The number of carbonyl (C=O) groups excluding carboxylic acids is 1. The zero-order valence-corrected chi connectivity index (χ0v) is 11.7. The maximum atomic E-state index is 12.0. The molecular formula is C13H23NO2S. The van der Waals surface area contributed by atoms with Crippen molar-refractivity contribution in [3.8, 4) is 0 Å². The fourth-order valence-electron chi connectivity index (χ4n) is 2.96. The van der Waals surface area contributed by atoms with Gasteiger partial charge in [0.1, 0.15) is 0 Å². The van der Waals surface area contributed by atoms with E-state index in [1.54, 1.807) is 7.11 Å². The van der Waals surface area contributed by atoms with Crippen molar-refractivity contribution >= 4 is 17.7 Å². The minimum atomic E-state index is 0.335. The number of carbonyl (C=O) groups is 1. The Hall–Kier alpha value is -0.220. The number of rotatable bonds is 4. The van der Waals surface area contributed by atoms with Crippen LogP contribution in [0, 0.1) is 5.92 Å². The van der Waals surface area contributed by atoms with E-state index in [0.29, 0.717) is 23.0 Å². The van der Waals surface area contributed by atoms with Gasteiger partial charge in [0.15, 0.2) is 0 Å². The summed E-state index contributed by atoms with van der Waals surface area (Å²) in [6.45, 7) is 3.94. The van der Waals surface area contributed by atoms with Gasteiger partial charge in [0.05, 0.1) is 5.75 Å². The van der Waals surface area contributed by atoms with Crippen molar-refractivity contribution in [2.45, 2.75) is 43.9 Å². The number of amides is 1. The van der Waals surface area contributed by atoms with Gasteiger partial charge in [0.25, 0.3) is 0 Å². The van der Waals surface area contributed by atoms with Crippen LogP contribution in [0.2, 0.25) is 0 Å². The van der Waals surface area contributed by atoms with Gasteiger partial charge >= 0.3 is 0 Å². The molecule has 2 aliphatic rings. The number of nitrogens with zero attached hydrogens (tertiary/aromatic N) is 1. The van der Waals surface area contributed by atoms with Gasteiger partial charge in [-0.1, -0.05) is 6.92 Å². The molecular weight excluding hydrogens is 234 g/mol. The van der Waals surface area contributed by atoms with E-state index >= 15 is 0 Å². The van der Waals surface area contributed by atoms with Crippen molar-refractivity contribution in [3.05, 3.63) is 0 Å². The maximum Gasteiger partial charge on any atom is 0.232 e. The second-order valence-electron chi connectivity index (χ2n) is 5.27. The van der Waals surface area contributed by atoms with Crippen molar-refractivity contribution in [1.29, 1.82) is 0 Å². The lowest BCUT2D eigenvalue weighted by Gasteiger charge is -2.45. The zero-order chi connectivity index (χ0) is 12.3. The standard InChI is InChI=1S/C13H23NO2S/c1-10-4-5-12-11(8-10)14(6-3-7-16-2)13(15)9-17-12/h10-12H,3-9H2,1-2H3/t10-,11?,12+/m1/s1. The molecule has 0 radical (unpaired) electrons. The number of methoxy groups -OCH3 is 1. The Morgan fingerprint density at radius 3 is 3.06 bits per heavy atom. The molecule has 1 saturated carbocycles. The maximum absolute atomic E-state index is 12.0. The van der Waals surface area contributed by atoms with Crippen LogP contribution in [0.3, 0.4) is 0 Å². The highest BCUT2D eigenvalue weighted by Crippen LogP contribution is 2.38. The molecule has 1 heterocycles. The highest BCUT2D eigenvalue weighted by molar-refractivity contribution is 8.00. The first kappa shape index (κ1) is 13.2. The Morgan fingerprint density at radius 1 is 1.47 bits per heavy atom. The molecule has 1 aliphatic heterocycles. The van der Waals surface area contributed by atoms with Gasteiger partial charge in [-0.05, 0) is 31.6 Å². The van der Waals surface area contributed by atoms with Gasteiger partial charge in [0.2, 0.25) is 5.91 Å². The molecule has 0 aromatic carbocycles. The molecule has 0 spiro atoms. The van der Waals surface area contributed by atoms with E-state index in [2.05, 4.69) is 11.8 Å². The highest BCUT2D eigenvalue weighted by Gasteiger charge is 2.39. The molecule has 4 heteroatoms. The number of fused-ring (bicyclic) bond motifs is 1. The summed E-state index contributed by atoms with van der Waals surface area (Å²) in [6, 6.07) is 0.488. The molecule has 1 amide bonds. The van der Waals surface area contributed by atoms with Gasteiger partial charge < -0.3 is 9.64 Å². The Morgan fingerprint density at radius 2 is 2.29 bits per heavy atom. The van der Waals surface area contributed by atoms with Crippen molar-refractivity contribution in [3.63, 3.8) is 0 Å². The lowest BCUT2D eigenvalue weighted by molar-refractivity contribution is -0.132. The Bertz CT molecular complexity index is 272. The first-order chi connectivity index (χ1) is 8.22. The lowest BCUT2D eigenvalue weighted by Crippen LogP contribution is -2.53. The van der Waals surface area contributed by atoms with Gasteiger partial charge in [0, 0.05) is 31.6 Å². The van der Waals surface area contributed by atoms with E-state index in [1.807, 2.05) is 11.8 Å². The first-order valence-corrected chi connectivity index (χ1v) is 7.67. The summed E-state index contributed by atoms with van der Waals surface area (Å²) >= 11 is 1.88. The smallest absolute Gasteiger partial charge is 0.232 e. The Kier molecular flexibility index (Phi) is 4.74. The van der Waals surface area contributed by atoms with Crippen LogP contribution in [0.15, 0.2) is 0 Å². The largest absolute Gasteiger partial charge is 0.385 e. The zero-order valence-electron chi connectivity index (χ0n) is 10.9. The predicted molar refractivity (Wildman–Crippen MR) is 71.3 cm³/mol. The minimum Gasteiger partial charge on any atom is -0.385 e. The molecule has 1 saturated heterocycles. The topological polar surface area (TPSA) is 29.5 Å². The van der Waals surface area contributed by atoms with Crippen molar-refractivity contribution < 1.29 is 9.53 Å². The summed E-state index contributed by atoms with van der Waals surface area (Å²) in [4.78, 5) is 14.1. The van der Waals surface area contributed by atoms with Crippen LogP contribution in [-0.4, -0.2) is 48.1 Å². The Balaban J connectivity index is 1.96. The summed E-state index contributed by atoms with van der Waals surface area (Å²) in [6.07, 6.45) is 4.76. The van der Waals surface area contributed by atoms with E-state index in [0.717, 1.165) is 25.5 Å². The summed E-state index contributed by atoms with van der Waals surface area (Å²) in [5, 5.41) is 0.687. The molecule has 3 nitrogen and oxygen atoms in total. The van der Waals surface area contributed by atoms with Crippen LogP contribution >= 0.6 is 11.8 Å². The molecule has 2 fully saturated rings. The normalized spacial score (nSPS) is 33.6. The van der Waals surface area contributed by atoms with Crippen LogP contribution < -0.4 is 0 Å². The lowest BCUT2D eigenvalue weighted by atomic mass is 9.85. The van der Waals surface area contributed by atoms with E-state index in [9.17, 15) is 4.79 Å². The van der Waals surface area contributed by atoms with E-state index in [-0.39, 0.29) is 0 Å². The average molecular weight is 257 g/mol. The van der Waals surface area contributed by atoms with Gasteiger partial charge in [-0.15, -0.1) is 11.8 Å². The molecule has 1 aliphatic carbocycles. The molecule has 0 N–H and O–H groups in total. The van der Waals surface area contributed by atoms with E-state index in [1.165, 1.54) is 19.3 Å². The Labute approximate surface area is 108 Å². The third-order valence-electron chi connectivity index (χ3n) is 3.91. The van der Waals surface area contributed by atoms with Gasteiger partial charge in [-0.2, -0.15) is 0 Å². The highest BCUT2D eigenvalue weighted by atomic mass is 32.2. The van der Waals surface area contributed by atoms with Crippen LogP contribution in [0.1, 0.15) is 32.6 Å². The number of ether oxygens (including phenoxy) is 1. The summed E-state index contributed by atoms with van der Waals surface area (Å²) in [7, 11) is 1.72. The average Bonchev–Trinajstić information content (AvgIpc) is 2.32. The monoisotopic (exact) mass is 257 g/mol. The molecule has 2 rings (SSSR count). The molecule has 0 aromatic heterocycles. The minimum absolute atomic E-state index is 0.335. The van der Waals surface area contributed by atoms with E-state index < -0.39 is 0 Å². The van der Waals surface area contributed by atoms with Crippen molar-refractivity contribution in [1.82, 2.24) is 4.90 Å². The fraction of sp³-hybridized carbons (Fsp3) is 0.923. The van der Waals surface area contributed by atoms with Gasteiger partial charge in [-0.3, -0.25) is 4.79 Å². The predicted octanol–water partition coefficient (Wildman–Crippen LogP) is 2.16. The van der Waals surface area contributed by atoms with Crippen LogP contribution in [0.25, 0.3) is 0 Å². The van der Waals surface area contributed by atoms with Crippen LogP contribution in [0.4, 0.5) is 0 Å². The molecule has 0 aromatic rings. The summed E-state index contributed by atoms with van der Waals surface area (Å²) in [5.41, 5.74) is 0. The summed E-state index contributed by atoms with van der Waals surface area (Å²) in [5.74, 6) is 1.79. The number of thioether (sulfide) groups is 1. The second kappa shape index (κ2) is 6.10. The fourth-order valence-corrected chi connectivity index (χ4v) is 4.27. The number of hydrogen-bond donors (Lipinski definition) is 0. The molecule has 17 heavy (non-hydrogen) atoms. The molecule has 1 unspecified atom stereocenters. The van der Waals surface area contributed by atoms with E-state index in [4.69, 9.17) is 4.74 Å².